The second-order valence-corrected chi connectivity index (χ2v) is 2.77. The Morgan fingerprint density at radius 2 is 2.23 bits per heavy atom. The molecule has 0 bridgehead atoms. The van der Waals surface area contributed by atoms with Crippen LogP contribution in [0, 0.1) is 10.1 Å². The van der Waals surface area contributed by atoms with E-state index in [-0.39, 0.29) is 5.70 Å². The van der Waals surface area contributed by atoms with Crippen molar-refractivity contribution in [1.29, 1.82) is 0 Å². The number of carbonyl (C=O) groups is 1. The number of allylic oxidation sites excluding steroid dienone is 1. The van der Waals surface area contributed by atoms with E-state index in [1.807, 2.05) is 0 Å². The van der Waals surface area contributed by atoms with Crippen LogP contribution in [0.2, 0.25) is 0 Å². The van der Waals surface area contributed by atoms with Gasteiger partial charge in [0.2, 0.25) is 0 Å². The molecule has 0 aliphatic carbocycles. The standard InChI is InChI=1S/C7H10N2O4/c10-7(11)6(9(12)13)5-3-1-2-4-8-5/h8H,1-4H2,(H,10,11)/b6-5-. The van der Waals surface area contributed by atoms with Crippen molar-refractivity contribution < 1.29 is 14.8 Å². The number of nitrogens with one attached hydrogen (secondary N) is 1. The Labute approximate surface area is 74.4 Å². The van der Waals surface area contributed by atoms with Gasteiger partial charge in [0.15, 0.2) is 0 Å². The van der Waals surface area contributed by atoms with Crippen molar-refractivity contribution in [2.24, 2.45) is 0 Å². The van der Waals surface area contributed by atoms with Gasteiger partial charge < -0.3 is 10.4 Å². The molecule has 1 heterocycles. The summed E-state index contributed by atoms with van der Waals surface area (Å²) in [6, 6.07) is 0. The number of piperidine rings is 1. The third-order valence-electron chi connectivity index (χ3n) is 1.86. The highest BCUT2D eigenvalue weighted by molar-refractivity contribution is 5.84. The van der Waals surface area contributed by atoms with Gasteiger partial charge >= 0.3 is 11.7 Å². The van der Waals surface area contributed by atoms with Crippen molar-refractivity contribution in [3.05, 3.63) is 21.5 Å². The topological polar surface area (TPSA) is 92.5 Å². The van der Waals surface area contributed by atoms with Gasteiger partial charge in [-0.05, 0) is 19.3 Å². The van der Waals surface area contributed by atoms with E-state index < -0.39 is 16.6 Å². The molecule has 0 unspecified atom stereocenters. The summed E-state index contributed by atoms with van der Waals surface area (Å²) in [5, 5.41) is 21.7. The number of hydrogen-bond donors (Lipinski definition) is 2. The molecule has 2 N–H and O–H groups in total. The van der Waals surface area contributed by atoms with Crippen LogP contribution < -0.4 is 5.32 Å². The molecule has 0 amide bonds. The van der Waals surface area contributed by atoms with Crippen LogP contribution in [0.15, 0.2) is 11.4 Å². The highest BCUT2D eigenvalue weighted by Gasteiger charge is 2.27. The summed E-state index contributed by atoms with van der Waals surface area (Å²) in [7, 11) is 0. The molecule has 13 heavy (non-hydrogen) atoms. The molecular formula is C7H10N2O4. The van der Waals surface area contributed by atoms with Gasteiger partial charge in [0, 0.05) is 6.54 Å². The van der Waals surface area contributed by atoms with Crippen LogP contribution in [0.4, 0.5) is 0 Å². The Balaban J connectivity index is 2.93. The Hall–Kier alpha value is -1.59. The summed E-state index contributed by atoms with van der Waals surface area (Å²) >= 11 is 0. The second kappa shape index (κ2) is 3.88. The molecule has 0 saturated carbocycles. The quantitative estimate of drug-likeness (QED) is 0.368. The van der Waals surface area contributed by atoms with E-state index in [2.05, 4.69) is 5.32 Å². The normalized spacial score (nSPS) is 20.3. The zero-order valence-electron chi connectivity index (χ0n) is 6.95. The smallest absolute Gasteiger partial charge is 0.409 e. The Bertz CT molecular complexity index is 248. The minimum absolute atomic E-state index is 0.240. The molecule has 1 rings (SSSR count). The summed E-state index contributed by atoms with van der Waals surface area (Å²) in [6.07, 6.45) is 2.17. The van der Waals surface area contributed by atoms with Crippen molar-refractivity contribution >= 4 is 5.97 Å². The molecule has 1 fully saturated rings. The zero-order chi connectivity index (χ0) is 9.84. The van der Waals surface area contributed by atoms with E-state index >= 15 is 0 Å². The van der Waals surface area contributed by atoms with Crippen LogP contribution in [0.1, 0.15) is 19.3 Å². The molecule has 0 atom stereocenters. The van der Waals surface area contributed by atoms with Gasteiger partial charge in [-0.15, -0.1) is 0 Å². The minimum atomic E-state index is -1.48. The van der Waals surface area contributed by atoms with Crippen LogP contribution in [0.3, 0.4) is 0 Å². The van der Waals surface area contributed by atoms with Gasteiger partial charge in [-0.3, -0.25) is 10.1 Å². The maximum Gasteiger partial charge on any atom is 0.409 e. The first-order valence-corrected chi connectivity index (χ1v) is 3.97. The predicted octanol–water partition coefficient (Wildman–Crippen LogP) is 0.333. The van der Waals surface area contributed by atoms with Crippen molar-refractivity contribution in [3.63, 3.8) is 0 Å². The maximum absolute atomic E-state index is 10.5. The first-order chi connectivity index (χ1) is 6.13. The lowest BCUT2D eigenvalue weighted by molar-refractivity contribution is -0.422. The fourth-order valence-corrected chi connectivity index (χ4v) is 1.27. The predicted molar refractivity (Wildman–Crippen MR) is 43.5 cm³/mol. The third-order valence-corrected chi connectivity index (χ3v) is 1.86. The average Bonchev–Trinajstić information content (AvgIpc) is 2.04. The van der Waals surface area contributed by atoms with Crippen molar-refractivity contribution in [1.82, 2.24) is 5.32 Å². The van der Waals surface area contributed by atoms with Crippen molar-refractivity contribution in [2.45, 2.75) is 19.3 Å². The Kier molecular flexibility index (Phi) is 2.84. The fourth-order valence-electron chi connectivity index (χ4n) is 1.27. The highest BCUT2D eigenvalue weighted by Crippen LogP contribution is 2.15. The molecule has 1 aliphatic heterocycles. The molecule has 6 nitrogen and oxygen atoms in total. The molecule has 0 radical (unpaired) electrons. The second-order valence-electron chi connectivity index (χ2n) is 2.77. The Morgan fingerprint density at radius 1 is 1.54 bits per heavy atom. The van der Waals surface area contributed by atoms with Crippen LogP contribution >= 0.6 is 0 Å². The number of carboxylic acid groups (broad SMARTS) is 1. The summed E-state index contributed by atoms with van der Waals surface area (Å²) in [5.41, 5.74) is -0.483. The monoisotopic (exact) mass is 186 g/mol. The van der Waals surface area contributed by atoms with Crippen LogP contribution in [-0.2, 0) is 4.79 Å². The molecule has 0 aromatic carbocycles. The largest absolute Gasteiger partial charge is 0.473 e. The van der Waals surface area contributed by atoms with E-state index in [9.17, 15) is 14.9 Å². The lowest BCUT2D eigenvalue weighted by atomic mass is 10.1. The number of hydrogen-bond acceptors (Lipinski definition) is 4. The summed E-state index contributed by atoms with van der Waals surface area (Å²) in [5.74, 6) is -1.48. The number of aliphatic carboxylic acids is 1. The van der Waals surface area contributed by atoms with Gasteiger partial charge in [0.1, 0.15) is 0 Å². The first kappa shape index (κ1) is 9.50. The Morgan fingerprint density at radius 3 is 2.62 bits per heavy atom. The number of nitro groups is 1. The maximum atomic E-state index is 10.5. The first-order valence-electron chi connectivity index (χ1n) is 3.97. The van der Waals surface area contributed by atoms with Crippen LogP contribution in [0.25, 0.3) is 0 Å². The molecule has 72 valence electrons. The summed E-state index contributed by atoms with van der Waals surface area (Å²) in [6.45, 7) is 0.611. The molecule has 0 aromatic heterocycles. The lowest BCUT2D eigenvalue weighted by Crippen LogP contribution is -2.26. The van der Waals surface area contributed by atoms with Gasteiger partial charge in [-0.1, -0.05) is 0 Å². The SMILES string of the molecule is O=C(O)/C(=C1\CCCCN1)[N+](=O)[O-]. The van der Waals surface area contributed by atoms with Gasteiger partial charge in [-0.2, -0.15) is 0 Å². The zero-order valence-corrected chi connectivity index (χ0v) is 6.95. The molecular weight excluding hydrogens is 176 g/mol. The van der Waals surface area contributed by atoms with Crippen molar-refractivity contribution in [2.75, 3.05) is 6.54 Å². The van der Waals surface area contributed by atoms with E-state index in [0.717, 1.165) is 12.8 Å². The molecule has 0 aromatic rings. The van der Waals surface area contributed by atoms with Crippen LogP contribution in [-0.4, -0.2) is 22.5 Å². The van der Waals surface area contributed by atoms with E-state index in [1.165, 1.54) is 0 Å². The van der Waals surface area contributed by atoms with Crippen LogP contribution in [0.5, 0.6) is 0 Å². The molecule has 1 aliphatic rings. The fraction of sp³-hybridized carbons (Fsp3) is 0.571. The van der Waals surface area contributed by atoms with Gasteiger partial charge in [0.05, 0.1) is 10.6 Å². The number of nitrogens with zero attached hydrogens (tertiary/aromatic N) is 1. The number of rotatable bonds is 2. The van der Waals surface area contributed by atoms with E-state index in [1.54, 1.807) is 0 Å². The molecule has 1 saturated heterocycles. The lowest BCUT2D eigenvalue weighted by Gasteiger charge is -2.15. The van der Waals surface area contributed by atoms with Crippen molar-refractivity contribution in [3.8, 4) is 0 Å². The number of carboxylic acids is 1. The summed E-state index contributed by atoms with van der Waals surface area (Å²) in [4.78, 5) is 20.0. The van der Waals surface area contributed by atoms with Gasteiger partial charge in [0.25, 0.3) is 0 Å². The minimum Gasteiger partial charge on any atom is -0.473 e. The average molecular weight is 186 g/mol. The van der Waals surface area contributed by atoms with E-state index in [4.69, 9.17) is 5.11 Å². The van der Waals surface area contributed by atoms with Gasteiger partial charge in [-0.25, -0.2) is 4.79 Å². The third kappa shape index (κ3) is 2.17. The summed E-state index contributed by atoms with van der Waals surface area (Å²) < 4.78 is 0. The molecule has 0 spiro atoms. The molecule has 6 heteroatoms. The highest BCUT2D eigenvalue weighted by atomic mass is 16.6. The van der Waals surface area contributed by atoms with E-state index in [0.29, 0.717) is 13.0 Å².